The molecule has 2 rings (SSSR count). The number of aromatic nitrogens is 1. The number of hydrogen-bond donors (Lipinski definition) is 0. The molecule has 0 bridgehead atoms. The summed E-state index contributed by atoms with van der Waals surface area (Å²) in [7, 11) is 0. The van der Waals surface area contributed by atoms with Crippen LogP contribution >= 0.6 is 27.5 Å². The standard InChI is InChI=1S/C16H16BrClFNO/c1-16(2,3)14-6-10(9-18)7-15(20-14)21-11-4-5-12(17)13(19)8-11/h4-8H,9H2,1-3H3. The SMILES string of the molecule is CC(C)(C)c1cc(CCl)cc(Oc2ccc(Br)c(F)c2)n1. The first kappa shape index (κ1) is 16.2. The minimum absolute atomic E-state index is 0.120. The normalized spacial score (nSPS) is 11.5. The van der Waals surface area contributed by atoms with Crippen LogP contribution in [0.15, 0.2) is 34.8 Å². The first-order chi connectivity index (χ1) is 9.79. The smallest absolute Gasteiger partial charge is 0.219 e. The molecule has 2 aromatic rings. The van der Waals surface area contributed by atoms with Crippen LogP contribution in [0.5, 0.6) is 11.6 Å². The molecule has 0 spiro atoms. The maximum absolute atomic E-state index is 13.5. The number of benzene rings is 1. The molecular formula is C16H16BrClFNO. The Morgan fingerprint density at radius 2 is 1.95 bits per heavy atom. The predicted octanol–water partition coefficient (Wildman–Crippen LogP) is 5.81. The molecule has 0 aliphatic heterocycles. The quantitative estimate of drug-likeness (QED) is 0.634. The Morgan fingerprint density at radius 1 is 1.24 bits per heavy atom. The first-order valence-electron chi connectivity index (χ1n) is 6.50. The zero-order valence-corrected chi connectivity index (χ0v) is 14.4. The van der Waals surface area contributed by atoms with Crippen molar-refractivity contribution in [3.63, 3.8) is 0 Å². The van der Waals surface area contributed by atoms with Crippen molar-refractivity contribution in [3.05, 3.63) is 51.9 Å². The molecule has 0 aliphatic rings. The van der Waals surface area contributed by atoms with Crippen LogP contribution in [0.25, 0.3) is 0 Å². The van der Waals surface area contributed by atoms with Gasteiger partial charge in [-0.1, -0.05) is 20.8 Å². The van der Waals surface area contributed by atoms with Crippen LogP contribution in [0.4, 0.5) is 4.39 Å². The lowest BCUT2D eigenvalue weighted by atomic mass is 9.91. The van der Waals surface area contributed by atoms with E-state index >= 15 is 0 Å². The fourth-order valence-electron chi connectivity index (χ4n) is 1.73. The summed E-state index contributed by atoms with van der Waals surface area (Å²) >= 11 is 9.03. The third-order valence-electron chi connectivity index (χ3n) is 2.90. The molecule has 1 aromatic heterocycles. The highest BCUT2D eigenvalue weighted by Gasteiger charge is 2.18. The minimum atomic E-state index is -0.378. The molecule has 0 aliphatic carbocycles. The van der Waals surface area contributed by atoms with E-state index in [9.17, 15) is 4.39 Å². The van der Waals surface area contributed by atoms with Crippen molar-refractivity contribution in [2.75, 3.05) is 0 Å². The average molecular weight is 373 g/mol. The summed E-state index contributed by atoms with van der Waals surface area (Å²) in [6.45, 7) is 6.20. The van der Waals surface area contributed by atoms with Gasteiger partial charge in [-0.15, -0.1) is 11.6 Å². The molecule has 21 heavy (non-hydrogen) atoms. The molecule has 0 amide bonds. The average Bonchev–Trinajstić information content (AvgIpc) is 2.41. The monoisotopic (exact) mass is 371 g/mol. The second kappa shape index (κ2) is 6.32. The molecule has 0 N–H and O–H groups in total. The van der Waals surface area contributed by atoms with Crippen LogP contribution in [-0.2, 0) is 11.3 Å². The number of ether oxygens (including phenoxy) is 1. The van der Waals surface area contributed by atoms with Gasteiger partial charge in [-0.25, -0.2) is 9.37 Å². The van der Waals surface area contributed by atoms with Crippen molar-refractivity contribution in [3.8, 4) is 11.6 Å². The summed E-state index contributed by atoms with van der Waals surface area (Å²) in [4.78, 5) is 4.48. The zero-order valence-electron chi connectivity index (χ0n) is 12.1. The fraction of sp³-hybridized carbons (Fsp3) is 0.312. The Labute approximate surface area is 137 Å². The summed E-state index contributed by atoms with van der Waals surface area (Å²) in [5, 5.41) is 0. The number of hydrogen-bond acceptors (Lipinski definition) is 2. The van der Waals surface area contributed by atoms with E-state index < -0.39 is 0 Å². The van der Waals surface area contributed by atoms with Crippen LogP contribution in [-0.4, -0.2) is 4.98 Å². The van der Waals surface area contributed by atoms with Gasteiger partial charge >= 0.3 is 0 Å². The lowest BCUT2D eigenvalue weighted by molar-refractivity contribution is 0.447. The Morgan fingerprint density at radius 3 is 2.52 bits per heavy atom. The van der Waals surface area contributed by atoms with E-state index in [2.05, 4.69) is 41.7 Å². The second-order valence-corrected chi connectivity index (χ2v) is 6.88. The lowest BCUT2D eigenvalue weighted by Crippen LogP contribution is -2.14. The highest BCUT2D eigenvalue weighted by atomic mass is 79.9. The van der Waals surface area contributed by atoms with E-state index in [4.69, 9.17) is 16.3 Å². The molecule has 5 heteroatoms. The van der Waals surface area contributed by atoms with Gasteiger partial charge in [-0.05, 0) is 39.7 Å². The number of nitrogens with zero attached hydrogens (tertiary/aromatic N) is 1. The molecule has 0 saturated heterocycles. The van der Waals surface area contributed by atoms with Gasteiger partial charge in [-0.2, -0.15) is 0 Å². The fourth-order valence-corrected chi connectivity index (χ4v) is 2.13. The maximum atomic E-state index is 13.5. The molecule has 1 heterocycles. The summed E-state index contributed by atoms with van der Waals surface area (Å²) in [6.07, 6.45) is 0. The molecule has 0 radical (unpaired) electrons. The van der Waals surface area contributed by atoms with Gasteiger partial charge in [0.1, 0.15) is 11.6 Å². The lowest BCUT2D eigenvalue weighted by Gasteiger charge is -2.19. The molecular weight excluding hydrogens is 357 g/mol. The van der Waals surface area contributed by atoms with Gasteiger partial charge in [-0.3, -0.25) is 0 Å². The van der Waals surface area contributed by atoms with Crippen LogP contribution < -0.4 is 4.74 Å². The van der Waals surface area contributed by atoms with Gasteiger partial charge < -0.3 is 4.74 Å². The van der Waals surface area contributed by atoms with E-state index in [0.717, 1.165) is 11.3 Å². The molecule has 1 aromatic carbocycles. The third-order valence-corrected chi connectivity index (χ3v) is 3.85. The Balaban J connectivity index is 2.36. The van der Waals surface area contributed by atoms with Crippen molar-refractivity contribution in [2.24, 2.45) is 0 Å². The summed E-state index contributed by atoms with van der Waals surface area (Å²) in [6, 6.07) is 8.32. The summed E-state index contributed by atoms with van der Waals surface area (Å²) in [5.41, 5.74) is 1.68. The van der Waals surface area contributed by atoms with E-state index in [0.29, 0.717) is 22.0 Å². The van der Waals surface area contributed by atoms with Crippen LogP contribution in [0.3, 0.4) is 0 Å². The largest absolute Gasteiger partial charge is 0.439 e. The molecule has 2 nitrogen and oxygen atoms in total. The maximum Gasteiger partial charge on any atom is 0.219 e. The highest BCUT2D eigenvalue weighted by molar-refractivity contribution is 9.10. The number of alkyl halides is 1. The van der Waals surface area contributed by atoms with E-state index in [1.54, 1.807) is 18.2 Å². The number of rotatable bonds is 3. The molecule has 0 unspecified atom stereocenters. The van der Waals surface area contributed by atoms with E-state index in [1.807, 2.05) is 6.07 Å². The number of halogens is 3. The third kappa shape index (κ3) is 4.17. The molecule has 0 fully saturated rings. The van der Waals surface area contributed by atoms with Gasteiger partial charge in [0.2, 0.25) is 5.88 Å². The van der Waals surface area contributed by atoms with Crippen LogP contribution in [0.1, 0.15) is 32.0 Å². The Bertz CT molecular complexity index is 655. The van der Waals surface area contributed by atoms with E-state index in [-0.39, 0.29) is 11.2 Å². The Hall–Kier alpha value is -1.13. The van der Waals surface area contributed by atoms with E-state index in [1.165, 1.54) is 6.07 Å². The van der Waals surface area contributed by atoms with Gasteiger partial charge in [0.05, 0.1) is 10.2 Å². The molecule has 0 atom stereocenters. The summed E-state index contributed by atoms with van der Waals surface area (Å²) < 4.78 is 19.6. The van der Waals surface area contributed by atoms with Gasteiger partial charge in [0, 0.05) is 23.4 Å². The van der Waals surface area contributed by atoms with Crippen molar-refractivity contribution >= 4 is 27.5 Å². The second-order valence-electron chi connectivity index (χ2n) is 5.76. The van der Waals surface area contributed by atoms with Crippen LogP contribution in [0, 0.1) is 5.82 Å². The first-order valence-corrected chi connectivity index (χ1v) is 7.82. The zero-order chi connectivity index (χ0) is 15.6. The van der Waals surface area contributed by atoms with Crippen molar-refractivity contribution in [2.45, 2.75) is 32.1 Å². The van der Waals surface area contributed by atoms with Crippen molar-refractivity contribution in [1.82, 2.24) is 4.98 Å². The van der Waals surface area contributed by atoms with Crippen molar-refractivity contribution in [1.29, 1.82) is 0 Å². The summed E-state index contributed by atoms with van der Waals surface area (Å²) in [5.74, 6) is 0.808. The minimum Gasteiger partial charge on any atom is -0.439 e. The van der Waals surface area contributed by atoms with Crippen molar-refractivity contribution < 1.29 is 9.13 Å². The highest BCUT2D eigenvalue weighted by Crippen LogP contribution is 2.29. The molecule has 112 valence electrons. The van der Waals surface area contributed by atoms with Gasteiger partial charge in [0.15, 0.2) is 0 Å². The van der Waals surface area contributed by atoms with Gasteiger partial charge in [0.25, 0.3) is 0 Å². The number of pyridine rings is 1. The Kier molecular flexibility index (Phi) is 4.89. The predicted molar refractivity (Wildman–Crippen MR) is 86.7 cm³/mol. The topological polar surface area (TPSA) is 22.1 Å². The van der Waals surface area contributed by atoms with Crippen LogP contribution in [0.2, 0.25) is 0 Å². The molecule has 0 saturated carbocycles.